The van der Waals surface area contributed by atoms with Crippen molar-refractivity contribution in [2.24, 2.45) is 0 Å². The maximum absolute atomic E-state index is 4.72. The number of hydrogen-bond acceptors (Lipinski definition) is 2. The van der Waals surface area contributed by atoms with Crippen LogP contribution in [0, 0.1) is 3.57 Å². The van der Waals surface area contributed by atoms with Gasteiger partial charge in [0.05, 0.1) is 4.88 Å². The van der Waals surface area contributed by atoms with Crippen LogP contribution in [-0.4, -0.2) is 4.98 Å². The summed E-state index contributed by atoms with van der Waals surface area (Å²) in [6.07, 6.45) is 2.02. The van der Waals surface area contributed by atoms with Crippen molar-refractivity contribution in [1.29, 1.82) is 0 Å². The predicted molar refractivity (Wildman–Crippen MR) is 123 cm³/mol. The zero-order valence-corrected chi connectivity index (χ0v) is 19.3. The first-order valence-corrected chi connectivity index (χ1v) is 10.8. The molecular formula is C23H26INS. The van der Waals surface area contributed by atoms with Gasteiger partial charge in [-0.1, -0.05) is 59.7 Å². The third kappa shape index (κ3) is 4.37. The van der Waals surface area contributed by atoms with E-state index >= 15 is 0 Å². The Balaban J connectivity index is 2.00. The number of benzene rings is 2. The molecule has 0 fully saturated rings. The molecule has 3 heteroatoms. The van der Waals surface area contributed by atoms with Crippen molar-refractivity contribution in [3.05, 3.63) is 63.4 Å². The van der Waals surface area contributed by atoms with Crippen LogP contribution in [0.1, 0.15) is 52.7 Å². The number of nitrogens with zero attached hydrogens (tertiary/aromatic N) is 1. The fourth-order valence-electron chi connectivity index (χ4n) is 2.82. The standard InChI is InChI=1S/C23H26INS/c1-22(2,3)17-9-7-8-15(10-17)21-25-14-20(26-21)16-11-18(23(4,5)6)13-19(24)12-16/h7-14H,1-6H3. The lowest BCUT2D eigenvalue weighted by atomic mass is 9.86. The molecule has 2 aromatic carbocycles. The number of rotatable bonds is 2. The lowest BCUT2D eigenvalue weighted by Crippen LogP contribution is -2.11. The van der Waals surface area contributed by atoms with Crippen LogP contribution in [0.4, 0.5) is 0 Å². The van der Waals surface area contributed by atoms with Crippen LogP contribution in [0.3, 0.4) is 0 Å². The van der Waals surface area contributed by atoms with Crippen molar-refractivity contribution in [1.82, 2.24) is 4.98 Å². The van der Waals surface area contributed by atoms with E-state index in [1.54, 1.807) is 11.3 Å². The van der Waals surface area contributed by atoms with Gasteiger partial charge in [-0.2, -0.15) is 0 Å². The molecule has 3 aromatic rings. The molecule has 1 heterocycles. The molecule has 0 saturated heterocycles. The largest absolute Gasteiger partial charge is 0.244 e. The summed E-state index contributed by atoms with van der Waals surface area (Å²) < 4.78 is 1.27. The van der Waals surface area contributed by atoms with E-state index in [4.69, 9.17) is 4.98 Å². The summed E-state index contributed by atoms with van der Waals surface area (Å²) in [7, 11) is 0. The van der Waals surface area contributed by atoms with Gasteiger partial charge in [0.15, 0.2) is 0 Å². The van der Waals surface area contributed by atoms with Crippen molar-refractivity contribution in [2.75, 3.05) is 0 Å². The highest BCUT2D eigenvalue weighted by atomic mass is 127. The van der Waals surface area contributed by atoms with Crippen LogP contribution in [0.25, 0.3) is 21.0 Å². The zero-order chi connectivity index (χ0) is 19.1. The maximum atomic E-state index is 4.72. The summed E-state index contributed by atoms with van der Waals surface area (Å²) >= 11 is 4.19. The highest BCUT2D eigenvalue weighted by Crippen LogP contribution is 2.36. The van der Waals surface area contributed by atoms with Gasteiger partial charge in [0.25, 0.3) is 0 Å². The molecule has 1 aromatic heterocycles. The molecule has 0 N–H and O–H groups in total. The summed E-state index contributed by atoms with van der Waals surface area (Å²) in [5.74, 6) is 0. The summed E-state index contributed by atoms with van der Waals surface area (Å²) in [5.41, 5.74) is 5.46. The highest BCUT2D eigenvalue weighted by Gasteiger charge is 2.17. The minimum atomic E-state index is 0.143. The van der Waals surface area contributed by atoms with E-state index in [0.29, 0.717) is 0 Å². The fraction of sp³-hybridized carbons (Fsp3) is 0.348. The number of aromatic nitrogens is 1. The van der Waals surface area contributed by atoms with E-state index in [1.807, 2.05) is 6.20 Å². The molecular weight excluding hydrogens is 449 g/mol. The SMILES string of the molecule is CC(C)(C)c1cc(I)cc(-c2cnc(-c3cccc(C(C)(C)C)c3)s2)c1. The second kappa shape index (κ2) is 7.08. The first-order chi connectivity index (χ1) is 12.0. The zero-order valence-electron chi connectivity index (χ0n) is 16.4. The maximum Gasteiger partial charge on any atom is 0.123 e. The molecule has 0 bridgehead atoms. The Hall–Kier alpha value is -1.20. The molecule has 3 rings (SSSR count). The Morgan fingerprint density at radius 2 is 1.46 bits per heavy atom. The molecule has 0 saturated carbocycles. The first-order valence-electron chi connectivity index (χ1n) is 8.92. The quantitative estimate of drug-likeness (QED) is 0.347. The second-order valence-corrected chi connectivity index (χ2v) is 11.1. The van der Waals surface area contributed by atoms with E-state index in [2.05, 4.69) is 107 Å². The minimum Gasteiger partial charge on any atom is -0.244 e. The lowest BCUT2D eigenvalue weighted by Gasteiger charge is -2.20. The Labute approximate surface area is 175 Å². The number of hydrogen-bond donors (Lipinski definition) is 0. The van der Waals surface area contributed by atoms with Crippen LogP contribution in [-0.2, 0) is 10.8 Å². The monoisotopic (exact) mass is 475 g/mol. The summed E-state index contributed by atoms with van der Waals surface area (Å²) in [6.45, 7) is 13.5. The Morgan fingerprint density at radius 1 is 0.808 bits per heavy atom. The number of halogens is 1. The topological polar surface area (TPSA) is 12.9 Å². The first kappa shape index (κ1) is 19.6. The predicted octanol–water partition coefficient (Wildman–Crippen LogP) is 7.68. The van der Waals surface area contributed by atoms with Crippen LogP contribution in [0.15, 0.2) is 48.7 Å². The summed E-state index contributed by atoms with van der Waals surface area (Å²) in [5, 5.41) is 1.09. The molecule has 0 aliphatic rings. The van der Waals surface area contributed by atoms with Gasteiger partial charge in [-0.15, -0.1) is 11.3 Å². The van der Waals surface area contributed by atoms with Gasteiger partial charge in [0, 0.05) is 15.3 Å². The molecule has 0 unspecified atom stereocenters. The third-order valence-corrected chi connectivity index (χ3v) is 6.25. The molecule has 0 aliphatic heterocycles. The van der Waals surface area contributed by atoms with Gasteiger partial charge >= 0.3 is 0 Å². The van der Waals surface area contributed by atoms with Crippen molar-refractivity contribution < 1.29 is 0 Å². The Kier molecular flexibility index (Phi) is 5.33. The van der Waals surface area contributed by atoms with Crippen LogP contribution in [0.2, 0.25) is 0 Å². The van der Waals surface area contributed by atoms with Crippen LogP contribution >= 0.6 is 33.9 Å². The average molecular weight is 475 g/mol. The molecule has 26 heavy (non-hydrogen) atoms. The molecule has 0 atom stereocenters. The van der Waals surface area contributed by atoms with Gasteiger partial charge in [-0.05, 0) is 74.4 Å². The molecule has 0 amide bonds. The fourth-order valence-corrected chi connectivity index (χ4v) is 4.40. The normalized spacial score (nSPS) is 12.4. The minimum absolute atomic E-state index is 0.143. The summed E-state index contributed by atoms with van der Waals surface area (Å²) in [4.78, 5) is 5.95. The van der Waals surface area contributed by atoms with Crippen LogP contribution < -0.4 is 0 Å². The van der Waals surface area contributed by atoms with Crippen molar-refractivity contribution in [3.63, 3.8) is 0 Å². The lowest BCUT2D eigenvalue weighted by molar-refractivity contribution is 0.590. The average Bonchev–Trinajstić information content (AvgIpc) is 3.03. The van der Waals surface area contributed by atoms with Gasteiger partial charge in [-0.25, -0.2) is 4.98 Å². The van der Waals surface area contributed by atoms with Gasteiger partial charge in [0.2, 0.25) is 0 Å². The van der Waals surface area contributed by atoms with Crippen molar-refractivity contribution in [2.45, 2.75) is 52.4 Å². The van der Waals surface area contributed by atoms with Gasteiger partial charge in [-0.3, -0.25) is 0 Å². The van der Waals surface area contributed by atoms with E-state index in [-0.39, 0.29) is 10.8 Å². The number of thiazole rings is 1. The third-order valence-electron chi connectivity index (χ3n) is 4.53. The van der Waals surface area contributed by atoms with Gasteiger partial charge in [0.1, 0.15) is 5.01 Å². The van der Waals surface area contributed by atoms with E-state index < -0.39 is 0 Å². The molecule has 1 nitrogen and oxygen atoms in total. The smallest absolute Gasteiger partial charge is 0.123 e. The Bertz CT molecular complexity index is 926. The molecule has 0 aliphatic carbocycles. The molecule has 0 spiro atoms. The second-order valence-electron chi connectivity index (χ2n) is 8.84. The van der Waals surface area contributed by atoms with E-state index in [1.165, 1.54) is 30.7 Å². The van der Waals surface area contributed by atoms with Crippen molar-refractivity contribution in [3.8, 4) is 21.0 Å². The highest BCUT2D eigenvalue weighted by molar-refractivity contribution is 14.1. The van der Waals surface area contributed by atoms with E-state index in [9.17, 15) is 0 Å². The van der Waals surface area contributed by atoms with Crippen molar-refractivity contribution >= 4 is 33.9 Å². The van der Waals surface area contributed by atoms with E-state index in [0.717, 1.165) is 5.01 Å². The summed E-state index contributed by atoms with van der Waals surface area (Å²) in [6, 6.07) is 15.6. The van der Waals surface area contributed by atoms with Gasteiger partial charge < -0.3 is 0 Å². The van der Waals surface area contributed by atoms with Crippen LogP contribution in [0.5, 0.6) is 0 Å². The molecule has 136 valence electrons. The Morgan fingerprint density at radius 3 is 2.12 bits per heavy atom. The molecule has 0 radical (unpaired) electrons.